The Morgan fingerprint density at radius 2 is 1.65 bits per heavy atom. The van der Waals surface area contributed by atoms with Crippen LogP contribution < -0.4 is 10.1 Å². The molecule has 188 valence electrons. The number of nitrogens with zero attached hydrogens (tertiary/aromatic N) is 5. The number of rotatable bonds is 5. The van der Waals surface area contributed by atoms with Crippen LogP contribution in [0.25, 0.3) is 11.3 Å². The maximum atomic E-state index is 13.5. The zero-order valence-electron chi connectivity index (χ0n) is 21.1. The highest BCUT2D eigenvalue weighted by Crippen LogP contribution is 2.51. The predicted molar refractivity (Wildman–Crippen MR) is 141 cm³/mol. The molecule has 1 aromatic carbocycles. The van der Waals surface area contributed by atoms with Gasteiger partial charge in [0.15, 0.2) is 0 Å². The van der Waals surface area contributed by atoms with E-state index in [9.17, 15) is 9.59 Å². The first-order valence-corrected chi connectivity index (χ1v) is 12.6. The maximum Gasteiger partial charge on any atom is 0.253 e. The smallest absolute Gasteiger partial charge is 0.253 e. The van der Waals surface area contributed by atoms with Gasteiger partial charge in [-0.15, -0.1) is 10.2 Å². The van der Waals surface area contributed by atoms with E-state index in [4.69, 9.17) is 9.72 Å². The van der Waals surface area contributed by atoms with Crippen molar-refractivity contribution in [3.8, 4) is 23.0 Å². The number of carbonyl (C=O) groups excluding carboxylic acids is 2. The molecule has 0 fully saturated rings. The van der Waals surface area contributed by atoms with E-state index in [0.29, 0.717) is 28.1 Å². The zero-order chi connectivity index (χ0) is 26.3. The molecule has 3 aromatic heterocycles. The fourth-order valence-electron chi connectivity index (χ4n) is 4.45. The van der Waals surface area contributed by atoms with Gasteiger partial charge in [-0.05, 0) is 31.2 Å². The van der Waals surface area contributed by atoms with Crippen molar-refractivity contribution in [3.63, 3.8) is 0 Å². The SMILES string of the molecule is Cc1ccc2c(n1)Oc1nc(-c3ccc(C(=O)N(C)C)cc3)ccc1[C@H]2C(C)(C)C(=O)Nc1nncs1. The Bertz CT molecular complexity index is 1480. The number of benzene rings is 1. The molecule has 10 heteroatoms. The van der Waals surface area contributed by atoms with Crippen molar-refractivity contribution in [1.29, 1.82) is 0 Å². The molecule has 1 aliphatic heterocycles. The summed E-state index contributed by atoms with van der Waals surface area (Å²) in [6.45, 7) is 5.67. The molecule has 1 aliphatic rings. The molecule has 0 aliphatic carbocycles. The van der Waals surface area contributed by atoms with Gasteiger partial charge in [0, 0.05) is 48.0 Å². The van der Waals surface area contributed by atoms with Gasteiger partial charge < -0.3 is 15.0 Å². The number of hydrogen-bond acceptors (Lipinski definition) is 8. The lowest BCUT2D eigenvalue weighted by molar-refractivity contribution is -0.124. The fourth-order valence-corrected chi connectivity index (χ4v) is 4.89. The monoisotopic (exact) mass is 514 g/mol. The molecule has 0 bridgehead atoms. The summed E-state index contributed by atoms with van der Waals surface area (Å²) in [7, 11) is 3.44. The van der Waals surface area contributed by atoms with Crippen molar-refractivity contribution in [3.05, 3.63) is 76.4 Å². The topological polar surface area (TPSA) is 110 Å². The molecule has 4 aromatic rings. The van der Waals surface area contributed by atoms with Crippen LogP contribution >= 0.6 is 11.3 Å². The summed E-state index contributed by atoms with van der Waals surface area (Å²) in [5.74, 6) is 0.208. The van der Waals surface area contributed by atoms with Crippen LogP contribution in [0.1, 0.15) is 46.9 Å². The van der Waals surface area contributed by atoms with Gasteiger partial charge in [-0.2, -0.15) is 0 Å². The van der Waals surface area contributed by atoms with Crippen LogP contribution in [0, 0.1) is 12.3 Å². The van der Waals surface area contributed by atoms with E-state index >= 15 is 0 Å². The third kappa shape index (κ3) is 4.55. The molecular formula is C27H26N6O3S. The molecule has 9 nitrogen and oxygen atoms in total. The molecule has 5 rings (SSSR count). The number of hydrogen-bond donors (Lipinski definition) is 1. The van der Waals surface area contributed by atoms with Crippen LogP contribution in [0.4, 0.5) is 5.13 Å². The Kier molecular flexibility index (Phi) is 6.20. The van der Waals surface area contributed by atoms with Crippen LogP contribution in [-0.4, -0.2) is 51.0 Å². The maximum absolute atomic E-state index is 13.5. The molecule has 0 saturated carbocycles. The molecule has 0 saturated heterocycles. The minimum Gasteiger partial charge on any atom is -0.420 e. The lowest BCUT2D eigenvalue weighted by Gasteiger charge is -2.37. The highest BCUT2D eigenvalue weighted by Gasteiger charge is 2.45. The number of aromatic nitrogens is 4. The van der Waals surface area contributed by atoms with Crippen molar-refractivity contribution in [2.45, 2.75) is 26.7 Å². The van der Waals surface area contributed by atoms with Crippen LogP contribution in [0.2, 0.25) is 0 Å². The van der Waals surface area contributed by atoms with E-state index in [-0.39, 0.29) is 17.7 Å². The highest BCUT2D eigenvalue weighted by molar-refractivity contribution is 7.13. The van der Waals surface area contributed by atoms with E-state index in [1.165, 1.54) is 16.2 Å². The van der Waals surface area contributed by atoms with Crippen molar-refractivity contribution in [2.75, 3.05) is 19.4 Å². The third-order valence-corrected chi connectivity index (χ3v) is 7.06. The summed E-state index contributed by atoms with van der Waals surface area (Å²) in [5.41, 5.74) is 5.21. The van der Waals surface area contributed by atoms with Gasteiger partial charge >= 0.3 is 0 Å². The Hall–Kier alpha value is -4.18. The largest absolute Gasteiger partial charge is 0.420 e. The minimum absolute atomic E-state index is 0.0665. The quantitative estimate of drug-likeness (QED) is 0.403. The Morgan fingerprint density at radius 1 is 0.973 bits per heavy atom. The van der Waals surface area contributed by atoms with Gasteiger partial charge in [0.25, 0.3) is 5.91 Å². The summed E-state index contributed by atoms with van der Waals surface area (Å²) in [6.07, 6.45) is 0. The fraction of sp³-hybridized carbons (Fsp3) is 0.259. The molecule has 1 N–H and O–H groups in total. The number of ether oxygens (including phenoxy) is 1. The van der Waals surface area contributed by atoms with E-state index in [0.717, 1.165) is 22.4 Å². The summed E-state index contributed by atoms with van der Waals surface area (Å²) in [4.78, 5) is 36.7. The minimum atomic E-state index is -0.896. The second-order valence-electron chi connectivity index (χ2n) is 9.67. The second-order valence-corrected chi connectivity index (χ2v) is 10.5. The first-order valence-electron chi connectivity index (χ1n) is 11.7. The van der Waals surface area contributed by atoms with Gasteiger partial charge in [0.2, 0.25) is 22.8 Å². The first kappa shape index (κ1) is 24.5. The lowest BCUT2D eigenvalue weighted by atomic mass is 9.70. The lowest BCUT2D eigenvalue weighted by Crippen LogP contribution is -2.38. The summed E-state index contributed by atoms with van der Waals surface area (Å²) >= 11 is 1.26. The molecule has 1 atom stereocenters. The van der Waals surface area contributed by atoms with E-state index in [1.54, 1.807) is 31.7 Å². The molecule has 0 spiro atoms. The Balaban J connectivity index is 1.55. The van der Waals surface area contributed by atoms with Crippen molar-refractivity contribution < 1.29 is 14.3 Å². The summed E-state index contributed by atoms with van der Waals surface area (Å²) < 4.78 is 6.19. The van der Waals surface area contributed by atoms with Crippen molar-refractivity contribution in [2.24, 2.45) is 5.41 Å². The molecule has 2 amide bonds. The van der Waals surface area contributed by atoms with Gasteiger partial charge in [0.05, 0.1) is 11.1 Å². The number of carbonyl (C=O) groups is 2. The third-order valence-electron chi connectivity index (χ3n) is 6.46. The van der Waals surface area contributed by atoms with E-state index in [1.807, 2.05) is 57.2 Å². The molecule has 37 heavy (non-hydrogen) atoms. The van der Waals surface area contributed by atoms with E-state index in [2.05, 4.69) is 20.5 Å². The number of amides is 2. The van der Waals surface area contributed by atoms with Crippen LogP contribution in [-0.2, 0) is 4.79 Å². The van der Waals surface area contributed by atoms with Crippen LogP contribution in [0.3, 0.4) is 0 Å². The van der Waals surface area contributed by atoms with E-state index < -0.39 is 5.41 Å². The van der Waals surface area contributed by atoms with Crippen molar-refractivity contribution >= 4 is 28.3 Å². The van der Waals surface area contributed by atoms with Gasteiger partial charge in [-0.1, -0.05) is 49.4 Å². The Labute approximate surface area is 218 Å². The average Bonchev–Trinajstić information content (AvgIpc) is 3.39. The van der Waals surface area contributed by atoms with Gasteiger partial charge in [0.1, 0.15) is 5.51 Å². The molecule has 0 radical (unpaired) electrons. The summed E-state index contributed by atoms with van der Waals surface area (Å²) in [6, 6.07) is 15.0. The standard InChI is InChI=1S/C27H26N6O3S/c1-15-6-11-18-21(27(2,3)25(35)31-26-32-28-14-37-26)19-12-13-20(30-23(19)36-22(18)29-15)16-7-9-17(10-8-16)24(34)33(4)5/h6-14,21H,1-5H3,(H,31,32,35)/t21-/m0/s1. The zero-order valence-corrected chi connectivity index (χ0v) is 22.0. The Morgan fingerprint density at radius 3 is 2.30 bits per heavy atom. The van der Waals surface area contributed by atoms with Crippen molar-refractivity contribution in [1.82, 2.24) is 25.1 Å². The molecular weight excluding hydrogens is 488 g/mol. The highest BCUT2D eigenvalue weighted by atomic mass is 32.1. The van der Waals surface area contributed by atoms with Gasteiger partial charge in [-0.3, -0.25) is 9.59 Å². The molecule has 4 heterocycles. The second kappa shape index (κ2) is 9.36. The molecule has 0 unspecified atom stereocenters. The normalized spacial score (nSPS) is 14.2. The van der Waals surface area contributed by atoms with Crippen LogP contribution in [0.5, 0.6) is 11.8 Å². The number of aryl methyl sites for hydroxylation is 1. The average molecular weight is 515 g/mol. The number of nitrogens with one attached hydrogen (secondary N) is 1. The number of fused-ring (bicyclic) bond motifs is 2. The number of anilines is 1. The summed E-state index contributed by atoms with van der Waals surface area (Å²) in [5, 5.41) is 11.1. The predicted octanol–water partition coefficient (Wildman–Crippen LogP) is 4.91. The first-order chi connectivity index (χ1) is 17.6. The van der Waals surface area contributed by atoms with Gasteiger partial charge in [-0.25, -0.2) is 9.97 Å². The van der Waals surface area contributed by atoms with Crippen LogP contribution in [0.15, 0.2) is 54.0 Å². The number of pyridine rings is 2.